The minimum Gasteiger partial charge on any atom is -0.493 e. The van der Waals surface area contributed by atoms with Crippen LogP contribution in [-0.4, -0.2) is 21.1 Å². The van der Waals surface area contributed by atoms with Crippen LogP contribution in [0.2, 0.25) is 0 Å². The number of benzene rings is 1. The number of nitriles is 1. The third-order valence-corrected chi connectivity index (χ3v) is 5.33. The molecule has 1 saturated carbocycles. The number of ether oxygens (including phenoxy) is 1. The van der Waals surface area contributed by atoms with Gasteiger partial charge in [0.25, 0.3) is 0 Å². The fourth-order valence-electron chi connectivity index (χ4n) is 3.31. The van der Waals surface area contributed by atoms with Crippen molar-refractivity contribution in [1.29, 1.82) is 5.26 Å². The molecule has 0 unspecified atom stereocenters. The highest BCUT2D eigenvalue weighted by atomic mass is 16.5. The molecule has 6 heteroatoms. The standard InChI is InChI=1S/C22H23N5O/c1-22(7-8-22)20-13-17(18(14-23)21(24)26-20)16-5-2-3-6-19(16)28-12-4-10-27-11-9-25-15-27/h2-3,5-6,9,11,13,15H,4,7-8,10,12H2,1H3,(H2,24,26). The summed E-state index contributed by atoms with van der Waals surface area (Å²) < 4.78 is 8.09. The molecule has 0 spiro atoms. The zero-order chi connectivity index (χ0) is 19.6. The molecule has 1 aromatic carbocycles. The Morgan fingerprint density at radius 1 is 1.29 bits per heavy atom. The number of hydrogen-bond donors (Lipinski definition) is 1. The molecule has 1 fully saturated rings. The first-order chi connectivity index (χ1) is 13.6. The van der Waals surface area contributed by atoms with Crippen LogP contribution >= 0.6 is 0 Å². The van der Waals surface area contributed by atoms with E-state index >= 15 is 0 Å². The van der Waals surface area contributed by atoms with E-state index in [1.165, 1.54) is 0 Å². The van der Waals surface area contributed by atoms with E-state index in [4.69, 9.17) is 10.5 Å². The van der Waals surface area contributed by atoms with Crippen molar-refractivity contribution in [2.24, 2.45) is 0 Å². The first-order valence-corrected chi connectivity index (χ1v) is 9.50. The summed E-state index contributed by atoms with van der Waals surface area (Å²) in [5.41, 5.74) is 9.23. The van der Waals surface area contributed by atoms with Crippen LogP contribution in [0.25, 0.3) is 11.1 Å². The Kier molecular flexibility index (Phi) is 4.74. The van der Waals surface area contributed by atoms with Gasteiger partial charge in [0.1, 0.15) is 23.2 Å². The number of nitrogens with two attached hydrogens (primary N) is 1. The third-order valence-electron chi connectivity index (χ3n) is 5.33. The van der Waals surface area contributed by atoms with Crippen LogP contribution < -0.4 is 10.5 Å². The first-order valence-electron chi connectivity index (χ1n) is 9.50. The lowest BCUT2D eigenvalue weighted by atomic mass is 9.95. The molecule has 6 nitrogen and oxygen atoms in total. The van der Waals surface area contributed by atoms with E-state index in [-0.39, 0.29) is 11.2 Å². The number of anilines is 1. The van der Waals surface area contributed by atoms with Gasteiger partial charge >= 0.3 is 0 Å². The number of aryl methyl sites for hydroxylation is 1. The number of nitrogens with zero attached hydrogens (tertiary/aromatic N) is 4. The largest absolute Gasteiger partial charge is 0.493 e. The number of imidazole rings is 1. The van der Waals surface area contributed by atoms with Crippen molar-refractivity contribution in [2.45, 2.75) is 38.1 Å². The minimum absolute atomic E-state index is 0.0669. The maximum absolute atomic E-state index is 9.66. The van der Waals surface area contributed by atoms with Crippen LogP contribution in [-0.2, 0) is 12.0 Å². The monoisotopic (exact) mass is 373 g/mol. The molecule has 0 bridgehead atoms. The molecule has 3 aromatic rings. The number of para-hydroxylation sites is 1. The molecule has 2 aromatic heterocycles. The topological polar surface area (TPSA) is 89.8 Å². The van der Waals surface area contributed by atoms with Gasteiger partial charge in [0.2, 0.25) is 0 Å². The second kappa shape index (κ2) is 7.35. The van der Waals surface area contributed by atoms with E-state index in [1.807, 2.05) is 41.1 Å². The zero-order valence-electron chi connectivity index (χ0n) is 15.9. The van der Waals surface area contributed by atoms with E-state index < -0.39 is 0 Å². The average Bonchev–Trinajstić information content (AvgIpc) is 3.24. The normalized spacial score (nSPS) is 14.4. The summed E-state index contributed by atoms with van der Waals surface area (Å²) in [6.07, 6.45) is 8.55. The van der Waals surface area contributed by atoms with E-state index in [0.29, 0.717) is 12.2 Å². The maximum Gasteiger partial charge on any atom is 0.142 e. The maximum atomic E-state index is 9.66. The van der Waals surface area contributed by atoms with Crippen LogP contribution in [0.3, 0.4) is 0 Å². The predicted octanol–water partition coefficient (Wildman–Crippen LogP) is 3.92. The average molecular weight is 373 g/mol. The van der Waals surface area contributed by atoms with Gasteiger partial charge in [-0.15, -0.1) is 0 Å². The van der Waals surface area contributed by atoms with Crippen molar-refractivity contribution >= 4 is 5.82 Å². The van der Waals surface area contributed by atoms with Gasteiger partial charge in [-0.3, -0.25) is 0 Å². The van der Waals surface area contributed by atoms with Gasteiger partial charge < -0.3 is 15.0 Å². The summed E-state index contributed by atoms with van der Waals surface area (Å²) in [4.78, 5) is 8.55. The van der Waals surface area contributed by atoms with Crippen molar-refractivity contribution in [3.63, 3.8) is 0 Å². The molecule has 0 aliphatic heterocycles. The van der Waals surface area contributed by atoms with Crippen molar-refractivity contribution in [2.75, 3.05) is 12.3 Å². The van der Waals surface area contributed by atoms with E-state index in [0.717, 1.165) is 48.4 Å². The Bertz CT molecular complexity index is 1020. The van der Waals surface area contributed by atoms with Crippen LogP contribution in [0.5, 0.6) is 5.75 Å². The van der Waals surface area contributed by atoms with Gasteiger partial charge in [-0.25, -0.2) is 9.97 Å². The quantitative estimate of drug-likeness (QED) is 0.634. The van der Waals surface area contributed by atoms with Gasteiger partial charge in [0.15, 0.2) is 0 Å². The lowest BCUT2D eigenvalue weighted by molar-refractivity contribution is 0.303. The zero-order valence-corrected chi connectivity index (χ0v) is 15.9. The number of pyridine rings is 1. The molecule has 0 saturated heterocycles. The second-order valence-electron chi connectivity index (χ2n) is 7.49. The van der Waals surface area contributed by atoms with E-state index in [9.17, 15) is 5.26 Å². The smallest absolute Gasteiger partial charge is 0.142 e. The van der Waals surface area contributed by atoms with Gasteiger partial charge in [-0.2, -0.15) is 5.26 Å². The second-order valence-corrected chi connectivity index (χ2v) is 7.49. The molecule has 0 amide bonds. The Morgan fingerprint density at radius 3 is 2.82 bits per heavy atom. The summed E-state index contributed by atoms with van der Waals surface area (Å²) in [5.74, 6) is 1.04. The SMILES string of the molecule is CC1(c2cc(-c3ccccc3OCCCn3ccnc3)c(C#N)c(N)n2)CC1. The molecule has 0 atom stereocenters. The summed E-state index contributed by atoms with van der Waals surface area (Å²) >= 11 is 0. The Morgan fingerprint density at radius 2 is 2.11 bits per heavy atom. The lowest BCUT2D eigenvalue weighted by Crippen LogP contribution is -2.09. The fourth-order valence-corrected chi connectivity index (χ4v) is 3.31. The summed E-state index contributed by atoms with van der Waals surface area (Å²) in [7, 11) is 0. The van der Waals surface area contributed by atoms with Gasteiger partial charge in [0.05, 0.1) is 12.9 Å². The third kappa shape index (κ3) is 3.56. The van der Waals surface area contributed by atoms with E-state index in [1.54, 1.807) is 12.5 Å². The number of rotatable bonds is 7. The Hall–Kier alpha value is -3.33. The molecule has 1 aliphatic carbocycles. The van der Waals surface area contributed by atoms with Gasteiger partial charge in [0, 0.05) is 41.2 Å². The molecule has 0 radical (unpaired) electrons. The van der Waals surface area contributed by atoms with Crippen molar-refractivity contribution in [3.8, 4) is 22.9 Å². The molecule has 142 valence electrons. The summed E-state index contributed by atoms with van der Waals surface area (Å²) in [6, 6.07) is 12.0. The van der Waals surface area contributed by atoms with Crippen molar-refractivity contribution in [3.05, 3.63) is 60.3 Å². The molecular formula is C22H23N5O. The lowest BCUT2D eigenvalue weighted by Gasteiger charge is -2.16. The Balaban J connectivity index is 1.60. The van der Waals surface area contributed by atoms with Gasteiger partial charge in [-0.1, -0.05) is 25.1 Å². The first kappa shape index (κ1) is 18.1. The van der Waals surface area contributed by atoms with Crippen LogP contribution in [0.15, 0.2) is 49.1 Å². The van der Waals surface area contributed by atoms with Crippen LogP contribution in [0.1, 0.15) is 37.4 Å². The molecular weight excluding hydrogens is 350 g/mol. The molecule has 4 rings (SSSR count). The van der Waals surface area contributed by atoms with Crippen LogP contribution in [0.4, 0.5) is 5.82 Å². The highest BCUT2D eigenvalue weighted by molar-refractivity contribution is 5.80. The number of aromatic nitrogens is 3. The highest BCUT2D eigenvalue weighted by Crippen LogP contribution is 2.48. The van der Waals surface area contributed by atoms with E-state index in [2.05, 4.69) is 23.0 Å². The molecule has 1 aliphatic rings. The fraction of sp³-hybridized carbons (Fsp3) is 0.318. The molecule has 2 N–H and O–H groups in total. The minimum atomic E-state index is 0.0669. The number of nitrogen functional groups attached to an aromatic ring is 1. The van der Waals surface area contributed by atoms with Crippen molar-refractivity contribution < 1.29 is 4.74 Å². The highest BCUT2D eigenvalue weighted by Gasteiger charge is 2.41. The summed E-state index contributed by atoms with van der Waals surface area (Å²) in [6.45, 7) is 3.60. The summed E-state index contributed by atoms with van der Waals surface area (Å²) in [5, 5.41) is 9.66. The molecule has 28 heavy (non-hydrogen) atoms. The number of hydrogen-bond acceptors (Lipinski definition) is 5. The van der Waals surface area contributed by atoms with Gasteiger partial charge in [-0.05, 0) is 31.4 Å². The van der Waals surface area contributed by atoms with Crippen LogP contribution in [0, 0.1) is 11.3 Å². The Labute approximate surface area is 164 Å². The predicted molar refractivity (Wildman–Crippen MR) is 108 cm³/mol. The molecule has 2 heterocycles. The van der Waals surface area contributed by atoms with Crippen molar-refractivity contribution in [1.82, 2.24) is 14.5 Å².